The van der Waals surface area contributed by atoms with Crippen LogP contribution in [-0.4, -0.2) is 35.0 Å². The maximum Gasteiger partial charge on any atom is 0.575 e. The second kappa shape index (κ2) is 5.09. The number of hydrogen-bond donors (Lipinski definition) is 0. The molecule has 3 nitrogen and oxygen atoms in total. The molecule has 0 aromatic carbocycles. The predicted octanol–water partition coefficient (Wildman–Crippen LogP) is 2.92. The number of hydrogen-bond acceptors (Lipinski definition) is 4. The number of ether oxygens (including phenoxy) is 2. The van der Waals surface area contributed by atoms with Crippen LogP contribution in [0.2, 0.25) is 0 Å². The molecule has 2 fully saturated rings. The van der Waals surface area contributed by atoms with Gasteiger partial charge in [0.05, 0.1) is 12.0 Å². The summed E-state index contributed by atoms with van der Waals surface area (Å²) in [6.45, 7) is 0. The fourth-order valence-corrected chi connectivity index (χ4v) is 4.27. The largest absolute Gasteiger partial charge is 0.575 e. The van der Waals surface area contributed by atoms with Crippen LogP contribution in [0, 0.1) is 5.92 Å². The zero-order valence-corrected chi connectivity index (χ0v) is 10.9. The third kappa shape index (κ3) is 2.88. The van der Waals surface area contributed by atoms with E-state index in [0.717, 1.165) is 0 Å². The Morgan fingerprint density at radius 3 is 2.83 bits per heavy atom. The zero-order chi connectivity index (χ0) is 13.4. The number of thioether (sulfide) groups is 1. The van der Waals surface area contributed by atoms with Crippen LogP contribution in [0.1, 0.15) is 19.3 Å². The van der Waals surface area contributed by atoms with Crippen LogP contribution in [0.4, 0.5) is 13.2 Å². The van der Waals surface area contributed by atoms with Gasteiger partial charge in [0.25, 0.3) is 0 Å². The molecule has 0 radical (unpaired) electrons. The molecule has 1 aliphatic carbocycles. The lowest BCUT2D eigenvalue weighted by Crippen LogP contribution is -2.39. The van der Waals surface area contributed by atoms with Crippen LogP contribution in [0.25, 0.3) is 0 Å². The molecule has 2 rings (SSSR count). The molecule has 1 saturated carbocycles. The van der Waals surface area contributed by atoms with Gasteiger partial charge in [-0.05, 0) is 19.3 Å². The van der Waals surface area contributed by atoms with E-state index in [1.165, 1.54) is 11.8 Å². The summed E-state index contributed by atoms with van der Waals surface area (Å²) in [6.07, 6.45) is -3.58. The minimum absolute atomic E-state index is 0.212. The van der Waals surface area contributed by atoms with E-state index in [1.807, 2.05) is 0 Å². The molecular weight excluding hydrogens is 293 g/mol. The van der Waals surface area contributed by atoms with Crippen molar-refractivity contribution in [3.63, 3.8) is 0 Å². The van der Waals surface area contributed by atoms with E-state index in [2.05, 4.69) is 4.74 Å². The molecule has 1 spiro atoms. The SMILES string of the molecule is O=C(OC(F)(F)F)C1CCCC12OC(CCl)CS2. The zero-order valence-electron chi connectivity index (χ0n) is 9.34. The molecule has 1 saturated heterocycles. The Hall–Kier alpha value is -0.140. The van der Waals surface area contributed by atoms with E-state index >= 15 is 0 Å². The Bertz CT molecular complexity index is 339. The number of rotatable bonds is 2. The second-order valence-corrected chi connectivity index (χ2v) is 5.95. The van der Waals surface area contributed by atoms with E-state index in [-0.39, 0.29) is 12.0 Å². The summed E-state index contributed by atoms with van der Waals surface area (Å²) < 4.78 is 45.4. The first-order chi connectivity index (χ1) is 8.36. The maximum atomic E-state index is 12.1. The van der Waals surface area contributed by atoms with Gasteiger partial charge in [-0.2, -0.15) is 0 Å². The first-order valence-electron chi connectivity index (χ1n) is 5.53. The number of carbonyl (C=O) groups is 1. The molecule has 1 heterocycles. The average molecular weight is 305 g/mol. The van der Waals surface area contributed by atoms with Crippen molar-refractivity contribution < 1.29 is 27.4 Å². The molecule has 104 valence electrons. The van der Waals surface area contributed by atoms with Crippen LogP contribution in [0.3, 0.4) is 0 Å². The van der Waals surface area contributed by atoms with Crippen molar-refractivity contribution in [1.29, 1.82) is 0 Å². The Morgan fingerprint density at radius 1 is 1.56 bits per heavy atom. The molecule has 2 aliphatic rings. The quantitative estimate of drug-likeness (QED) is 0.580. The lowest BCUT2D eigenvalue weighted by Gasteiger charge is -2.28. The minimum atomic E-state index is -4.93. The van der Waals surface area contributed by atoms with Crippen molar-refractivity contribution in [2.75, 3.05) is 11.6 Å². The molecule has 1 aliphatic heterocycles. The topological polar surface area (TPSA) is 35.5 Å². The fourth-order valence-electron chi connectivity index (χ4n) is 2.40. The molecular formula is C10H12ClF3O3S. The smallest absolute Gasteiger partial charge is 0.373 e. The molecule has 0 N–H and O–H groups in total. The van der Waals surface area contributed by atoms with Crippen LogP contribution in [-0.2, 0) is 14.3 Å². The number of carbonyl (C=O) groups excluding carboxylic acids is 1. The highest BCUT2D eigenvalue weighted by Gasteiger charge is 2.55. The van der Waals surface area contributed by atoms with E-state index in [4.69, 9.17) is 16.3 Å². The van der Waals surface area contributed by atoms with Gasteiger partial charge in [-0.15, -0.1) is 36.5 Å². The lowest BCUT2D eigenvalue weighted by molar-refractivity contribution is -0.309. The maximum absolute atomic E-state index is 12.1. The third-order valence-corrected chi connectivity index (χ3v) is 5.06. The van der Waals surface area contributed by atoms with E-state index in [9.17, 15) is 18.0 Å². The Kier molecular flexibility index (Phi) is 4.04. The molecule has 0 aromatic heterocycles. The summed E-state index contributed by atoms with van der Waals surface area (Å²) in [6, 6.07) is 0. The standard InChI is InChI=1S/C10H12ClF3O3S/c11-4-6-5-18-9(16-6)3-1-2-7(9)8(15)17-10(12,13)14/h6-7H,1-5H2. The molecule has 3 atom stereocenters. The van der Waals surface area contributed by atoms with Gasteiger partial charge in [-0.3, -0.25) is 4.79 Å². The van der Waals surface area contributed by atoms with E-state index in [1.54, 1.807) is 0 Å². The predicted molar refractivity (Wildman–Crippen MR) is 60.3 cm³/mol. The van der Waals surface area contributed by atoms with Gasteiger partial charge < -0.3 is 9.47 Å². The number of alkyl halides is 4. The Balaban J connectivity index is 2.06. The van der Waals surface area contributed by atoms with Crippen molar-refractivity contribution in [2.45, 2.75) is 36.7 Å². The summed E-state index contributed by atoms with van der Waals surface area (Å²) in [7, 11) is 0. The van der Waals surface area contributed by atoms with Crippen molar-refractivity contribution in [2.24, 2.45) is 5.92 Å². The summed E-state index contributed by atoms with van der Waals surface area (Å²) in [5.74, 6) is -1.24. The van der Waals surface area contributed by atoms with Gasteiger partial charge in [0.15, 0.2) is 0 Å². The van der Waals surface area contributed by atoms with Crippen LogP contribution < -0.4 is 0 Å². The van der Waals surface area contributed by atoms with Crippen molar-refractivity contribution in [3.05, 3.63) is 0 Å². The van der Waals surface area contributed by atoms with Crippen LogP contribution >= 0.6 is 23.4 Å². The summed E-state index contributed by atoms with van der Waals surface area (Å²) in [5.41, 5.74) is 0. The first-order valence-corrected chi connectivity index (χ1v) is 7.05. The third-order valence-electron chi connectivity index (χ3n) is 3.10. The molecule has 0 amide bonds. The van der Waals surface area contributed by atoms with Gasteiger partial charge in [-0.25, -0.2) is 0 Å². The highest BCUT2D eigenvalue weighted by molar-refractivity contribution is 8.00. The van der Waals surface area contributed by atoms with Gasteiger partial charge >= 0.3 is 12.3 Å². The fraction of sp³-hybridized carbons (Fsp3) is 0.900. The van der Waals surface area contributed by atoms with E-state index in [0.29, 0.717) is 25.0 Å². The molecule has 3 unspecified atom stereocenters. The summed E-state index contributed by atoms with van der Waals surface area (Å²) >= 11 is 7.04. The number of esters is 1. The lowest BCUT2D eigenvalue weighted by atomic mass is 10.1. The van der Waals surface area contributed by atoms with Crippen LogP contribution in [0.15, 0.2) is 0 Å². The summed E-state index contributed by atoms with van der Waals surface area (Å²) in [4.78, 5) is 10.7. The molecule has 0 bridgehead atoms. The highest BCUT2D eigenvalue weighted by atomic mass is 35.5. The van der Waals surface area contributed by atoms with Crippen molar-refractivity contribution in [1.82, 2.24) is 0 Å². The van der Waals surface area contributed by atoms with E-state index < -0.39 is 23.2 Å². The normalized spacial score (nSPS) is 36.2. The average Bonchev–Trinajstić information content (AvgIpc) is 2.84. The highest BCUT2D eigenvalue weighted by Crippen LogP contribution is 2.52. The monoisotopic (exact) mass is 304 g/mol. The van der Waals surface area contributed by atoms with Crippen molar-refractivity contribution >= 4 is 29.3 Å². The van der Waals surface area contributed by atoms with Gasteiger partial charge in [-0.1, -0.05) is 0 Å². The first kappa shape index (κ1) is 14.3. The van der Waals surface area contributed by atoms with Gasteiger partial charge in [0, 0.05) is 11.6 Å². The molecule has 0 aromatic rings. The van der Waals surface area contributed by atoms with Crippen LogP contribution in [0.5, 0.6) is 0 Å². The Morgan fingerprint density at radius 2 is 2.28 bits per heavy atom. The minimum Gasteiger partial charge on any atom is -0.373 e. The number of halogens is 4. The Labute approximate surface area is 111 Å². The van der Waals surface area contributed by atoms with Gasteiger partial charge in [0.1, 0.15) is 4.93 Å². The van der Waals surface area contributed by atoms with Crippen molar-refractivity contribution in [3.8, 4) is 0 Å². The molecule has 8 heteroatoms. The second-order valence-electron chi connectivity index (χ2n) is 4.33. The molecule has 18 heavy (non-hydrogen) atoms. The van der Waals surface area contributed by atoms with Gasteiger partial charge in [0.2, 0.25) is 0 Å². The summed E-state index contributed by atoms with van der Waals surface area (Å²) in [5, 5.41) is 0.